The van der Waals surface area contributed by atoms with Crippen LogP contribution in [0.1, 0.15) is 95.5 Å². The number of benzene rings is 5. The van der Waals surface area contributed by atoms with E-state index in [9.17, 15) is 27.6 Å². The normalized spacial score (nSPS) is 16.1. The number of nitrogens with one attached hydrogen (secondary N) is 3. The molecule has 284 valence electrons. The quantitative estimate of drug-likeness (QED) is 0.125. The molecule has 0 radical (unpaired) electrons. The van der Waals surface area contributed by atoms with Crippen LogP contribution in [0.4, 0.5) is 23.7 Å². The van der Waals surface area contributed by atoms with Gasteiger partial charge in [0.1, 0.15) is 12.6 Å². The Kier molecular flexibility index (Phi) is 11.2. The highest BCUT2D eigenvalue weighted by Gasteiger charge is 2.42. The highest BCUT2D eigenvalue weighted by Crippen LogP contribution is 2.43. The molecular weight excluding hydrogens is 704 g/mol. The summed E-state index contributed by atoms with van der Waals surface area (Å²) in [6.07, 6.45) is 1.41. The van der Waals surface area contributed by atoms with Crippen LogP contribution < -0.4 is 16.0 Å². The molecule has 0 spiro atoms. The summed E-state index contributed by atoms with van der Waals surface area (Å²) in [5.41, 5.74) is 1.67. The lowest BCUT2D eigenvalue weighted by Crippen LogP contribution is -2.57. The van der Waals surface area contributed by atoms with E-state index in [0.29, 0.717) is 31.4 Å². The highest BCUT2D eigenvalue weighted by molar-refractivity contribution is 6.04. The van der Waals surface area contributed by atoms with Crippen LogP contribution in [0.15, 0.2) is 115 Å². The Morgan fingerprint density at radius 1 is 0.745 bits per heavy atom. The van der Waals surface area contributed by atoms with Crippen molar-refractivity contribution in [2.75, 3.05) is 5.32 Å². The molecule has 3 N–H and O–H groups in total. The van der Waals surface area contributed by atoms with E-state index in [4.69, 9.17) is 4.74 Å². The minimum atomic E-state index is -4.57. The number of alkyl carbamates (subject to hydrolysis) is 1. The molecule has 55 heavy (non-hydrogen) atoms. The third-order valence-electron chi connectivity index (χ3n) is 11.0. The maximum atomic E-state index is 14.1. The number of halogens is 3. The van der Waals surface area contributed by atoms with Gasteiger partial charge in [0.2, 0.25) is 5.91 Å². The predicted molar refractivity (Wildman–Crippen MR) is 207 cm³/mol. The summed E-state index contributed by atoms with van der Waals surface area (Å²) in [7, 11) is 0. The van der Waals surface area contributed by atoms with Gasteiger partial charge in [-0.15, -0.1) is 0 Å². The molecule has 0 saturated heterocycles. The van der Waals surface area contributed by atoms with Crippen LogP contribution in [-0.4, -0.2) is 23.9 Å². The highest BCUT2D eigenvalue weighted by atomic mass is 19.4. The van der Waals surface area contributed by atoms with Crippen LogP contribution in [0.2, 0.25) is 0 Å². The van der Waals surface area contributed by atoms with Gasteiger partial charge in [-0.1, -0.05) is 110 Å². The second-order valence-corrected chi connectivity index (χ2v) is 14.7. The van der Waals surface area contributed by atoms with Crippen molar-refractivity contribution in [3.8, 4) is 0 Å². The average Bonchev–Trinajstić information content (AvgIpc) is 3.18. The number of anilines is 1. The first-order chi connectivity index (χ1) is 26.6. The van der Waals surface area contributed by atoms with Crippen molar-refractivity contribution in [1.29, 1.82) is 0 Å². The average molecular weight is 748 g/mol. The molecule has 2 aliphatic rings. The van der Waals surface area contributed by atoms with E-state index >= 15 is 0 Å². The molecule has 7 nitrogen and oxygen atoms in total. The Bertz CT molecular complexity index is 2140. The number of amides is 3. The first-order valence-corrected chi connectivity index (χ1v) is 19.0. The van der Waals surface area contributed by atoms with Crippen LogP contribution in [0, 0.1) is 0 Å². The maximum absolute atomic E-state index is 14.1. The van der Waals surface area contributed by atoms with Gasteiger partial charge in [-0.3, -0.25) is 9.59 Å². The van der Waals surface area contributed by atoms with Crippen LogP contribution in [0.5, 0.6) is 0 Å². The van der Waals surface area contributed by atoms with Gasteiger partial charge in [0.25, 0.3) is 5.91 Å². The molecule has 3 amide bonds. The Hall–Kier alpha value is -5.64. The van der Waals surface area contributed by atoms with Crippen LogP contribution in [0.25, 0.3) is 10.8 Å². The summed E-state index contributed by atoms with van der Waals surface area (Å²) in [4.78, 5) is 40.3. The second-order valence-electron chi connectivity index (χ2n) is 14.7. The number of hydrogen-bond acceptors (Lipinski definition) is 4. The molecule has 0 aliphatic heterocycles. The Morgan fingerprint density at radius 3 is 2.15 bits per heavy atom. The molecule has 7 rings (SSSR count). The lowest BCUT2D eigenvalue weighted by molar-refractivity contribution is -0.138. The summed E-state index contributed by atoms with van der Waals surface area (Å²) < 4.78 is 47.9. The topological polar surface area (TPSA) is 96.5 Å². The molecule has 5 aromatic rings. The van der Waals surface area contributed by atoms with E-state index in [0.717, 1.165) is 59.2 Å². The van der Waals surface area contributed by atoms with E-state index in [-0.39, 0.29) is 36.0 Å². The number of rotatable bonds is 11. The van der Waals surface area contributed by atoms with Gasteiger partial charge >= 0.3 is 12.3 Å². The van der Waals surface area contributed by atoms with E-state index in [1.807, 2.05) is 84.9 Å². The van der Waals surface area contributed by atoms with Gasteiger partial charge in [-0.2, -0.15) is 13.2 Å². The minimum absolute atomic E-state index is 0.0546. The summed E-state index contributed by atoms with van der Waals surface area (Å²) in [6.45, 7) is 0.0546. The van der Waals surface area contributed by atoms with Crippen molar-refractivity contribution in [3.63, 3.8) is 0 Å². The molecule has 2 fully saturated rings. The molecule has 0 unspecified atom stereocenters. The number of carbonyl (C=O) groups excluding carboxylic acids is 3. The Morgan fingerprint density at radius 2 is 1.45 bits per heavy atom. The molecular formula is C45H44F3N3O4. The van der Waals surface area contributed by atoms with E-state index in [2.05, 4.69) is 16.0 Å². The Balaban J connectivity index is 1.05. The minimum Gasteiger partial charge on any atom is -0.445 e. The maximum Gasteiger partial charge on any atom is 0.416 e. The van der Waals surface area contributed by atoms with Crippen molar-refractivity contribution >= 4 is 34.4 Å². The van der Waals surface area contributed by atoms with Gasteiger partial charge in [0.05, 0.1) is 11.1 Å². The fourth-order valence-corrected chi connectivity index (χ4v) is 7.85. The van der Waals surface area contributed by atoms with Crippen molar-refractivity contribution in [3.05, 3.63) is 149 Å². The van der Waals surface area contributed by atoms with Crippen LogP contribution in [0.3, 0.4) is 0 Å². The van der Waals surface area contributed by atoms with Crippen molar-refractivity contribution in [2.24, 2.45) is 0 Å². The van der Waals surface area contributed by atoms with Gasteiger partial charge < -0.3 is 20.7 Å². The van der Waals surface area contributed by atoms with Crippen molar-refractivity contribution in [1.82, 2.24) is 10.6 Å². The van der Waals surface area contributed by atoms with Gasteiger partial charge in [0, 0.05) is 17.7 Å². The number of fused-ring (bicyclic) bond motifs is 1. The van der Waals surface area contributed by atoms with Crippen molar-refractivity contribution in [2.45, 2.75) is 88.1 Å². The summed E-state index contributed by atoms with van der Waals surface area (Å²) in [6, 6.07) is 33.1. The molecule has 0 aromatic heterocycles. The molecule has 0 heterocycles. The third-order valence-corrected chi connectivity index (χ3v) is 11.0. The second kappa shape index (κ2) is 16.4. The fourth-order valence-electron chi connectivity index (χ4n) is 7.85. The molecule has 5 aromatic carbocycles. The fraction of sp³-hybridized carbons (Fsp3) is 0.311. The monoisotopic (exact) mass is 747 g/mol. The predicted octanol–water partition coefficient (Wildman–Crippen LogP) is 10.2. The number of alkyl halides is 3. The zero-order chi connectivity index (χ0) is 38.4. The lowest BCUT2D eigenvalue weighted by Gasteiger charge is -2.44. The molecule has 0 bridgehead atoms. The largest absolute Gasteiger partial charge is 0.445 e. The van der Waals surface area contributed by atoms with E-state index in [1.54, 1.807) is 12.1 Å². The standard InChI is InChI=1S/C45H44F3N3O4/c46-45(47,48)39-28-35(18-23-38(39)33-13-5-2-6-14-33)41(52)49-37-21-19-36(20-22-37)44(24-9-25-44)51-42(53)40(50-43(54)55-29-30-10-3-1-4-11-30)27-31-16-17-32-12-7-8-15-34(32)26-31/h1,3-4,7-8,10-12,15-23,26,28,33,40H,2,5-6,9,13-14,24-25,27,29H2,(H,49,52)(H,50,54)(H,51,53)/t40-/m1/s1. The van der Waals surface area contributed by atoms with E-state index in [1.165, 1.54) is 12.1 Å². The van der Waals surface area contributed by atoms with E-state index < -0.39 is 35.3 Å². The molecule has 2 aliphatic carbocycles. The zero-order valence-corrected chi connectivity index (χ0v) is 30.5. The number of hydrogen-bond donors (Lipinski definition) is 3. The summed E-state index contributed by atoms with van der Waals surface area (Å²) in [5, 5.41) is 10.8. The SMILES string of the molecule is O=C(N[C@H](Cc1ccc2ccccc2c1)C(=O)NC1(c2ccc(NC(=O)c3ccc(C4CCCCC4)c(C(F)(F)F)c3)cc2)CCC1)OCc1ccccc1. The van der Waals surface area contributed by atoms with Crippen molar-refractivity contribution < 1.29 is 32.3 Å². The van der Waals surface area contributed by atoms with Crippen LogP contribution >= 0.6 is 0 Å². The first-order valence-electron chi connectivity index (χ1n) is 19.0. The van der Waals surface area contributed by atoms with Gasteiger partial charge in [0.15, 0.2) is 0 Å². The number of ether oxygens (including phenoxy) is 1. The summed E-state index contributed by atoms with van der Waals surface area (Å²) in [5.74, 6) is -1.16. The van der Waals surface area contributed by atoms with Gasteiger partial charge in [-0.05, 0) is 95.3 Å². The molecule has 10 heteroatoms. The lowest BCUT2D eigenvalue weighted by atomic mass is 9.71. The third kappa shape index (κ3) is 9.02. The first kappa shape index (κ1) is 37.7. The molecule has 2 saturated carbocycles. The molecule has 1 atom stereocenters. The smallest absolute Gasteiger partial charge is 0.416 e. The Labute approximate surface area is 318 Å². The number of carbonyl (C=O) groups is 3. The van der Waals surface area contributed by atoms with Gasteiger partial charge in [-0.25, -0.2) is 4.79 Å². The summed E-state index contributed by atoms with van der Waals surface area (Å²) >= 11 is 0. The van der Waals surface area contributed by atoms with Crippen LogP contribution in [-0.2, 0) is 34.3 Å². The zero-order valence-electron chi connectivity index (χ0n) is 30.5.